The highest BCUT2D eigenvalue weighted by atomic mass is 79.9. The van der Waals surface area contributed by atoms with Gasteiger partial charge in [-0.2, -0.15) is 13.9 Å². The Morgan fingerprint density at radius 2 is 1.94 bits per heavy atom. The first-order valence-corrected chi connectivity index (χ1v) is 14.2. The van der Waals surface area contributed by atoms with Crippen LogP contribution in [0.25, 0.3) is 16.9 Å². The number of nitrogens with zero attached hydrogens (tertiary/aromatic N) is 4. The highest BCUT2D eigenvalue weighted by Gasteiger charge is 2.31. The van der Waals surface area contributed by atoms with Gasteiger partial charge in [-0.05, 0) is 59.0 Å². The monoisotopic (exact) mass is 611 g/mol. The average molecular weight is 613 g/mol. The lowest BCUT2D eigenvalue weighted by atomic mass is 10.00. The first-order chi connectivity index (χ1) is 17.2. The topological polar surface area (TPSA) is 79.6 Å². The van der Waals surface area contributed by atoms with Crippen molar-refractivity contribution in [1.29, 1.82) is 0 Å². The Labute approximate surface area is 226 Å². The van der Waals surface area contributed by atoms with E-state index in [2.05, 4.69) is 26.3 Å². The average Bonchev–Trinajstić information content (AvgIpc) is 3.25. The van der Waals surface area contributed by atoms with E-state index in [-0.39, 0.29) is 15.8 Å². The van der Waals surface area contributed by atoms with Gasteiger partial charge >= 0.3 is 0 Å². The fourth-order valence-electron chi connectivity index (χ4n) is 4.32. The van der Waals surface area contributed by atoms with E-state index in [9.17, 15) is 12.8 Å². The van der Waals surface area contributed by atoms with Gasteiger partial charge in [-0.15, -0.1) is 0 Å². The lowest BCUT2D eigenvalue weighted by Crippen LogP contribution is -2.41. The maximum absolute atomic E-state index is 13.6. The minimum atomic E-state index is -3.79. The third-order valence-electron chi connectivity index (χ3n) is 6.16. The summed E-state index contributed by atoms with van der Waals surface area (Å²) in [5, 5.41) is 8.22. The van der Waals surface area contributed by atoms with Crippen LogP contribution in [0.3, 0.4) is 0 Å². The van der Waals surface area contributed by atoms with E-state index in [1.54, 1.807) is 10.7 Å². The Kier molecular flexibility index (Phi) is 7.24. The van der Waals surface area contributed by atoms with E-state index in [4.69, 9.17) is 28.2 Å². The van der Waals surface area contributed by atoms with E-state index in [0.717, 1.165) is 28.6 Å². The normalized spacial score (nSPS) is 16.9. The van der Waals surface area contributed by atoms with Gasteiger partial charge in [0.05, 0.1) is 26.3 Å². The summed E-state index contributed by atoms with van der Waals surface area (Å²) in [6.45, 7) is 1.25. The third kappa shape index (κ3) is 4.97. The van der Waals surface area contributed by atoms with Gasteiger partial charge in [0.1, 0.15) is 11.6 Å². The van der Waals surface area contributed by atoms with Gasteiger partial charge in [0.2, 0.25) is 10.0 Å². The molecule has 36 heavy (non-hydrogen) atoms. The summed E-state index contributed by atoms with van der Waals surface area (Å²) in [7, 11) is -3.79. The molecule has 0 radical (unpaired) electrons. The quantitative estimate of drug-likeness (QED) is 0.284. The Morgan fingerprint density at radius 3 is 2.72 bits per heavy atom. The molecule has 2 aromatic carbocycles. The Bertz CT molecular complexity index is 1550. The van der Waals surface area contributed by atoms with Crippen LogP contribution in [0.1, 0.15) is 12.8 Å². The van der Waals surface area contributed by atoms with Crippen molar-refractivity contribution in [2.24, 2.45) is 5.92 Å². The predicted molar refractivity (Wildman–Crippen MR) is 143 cm³/mol. The second-order valence-corrected chi connectivity index (χ2v) is 12.2. The lowest BCUT2D eigenvalue weighted by Gasteiger charge is -2.32. The van der Waals surface area contributed by atoms with Crippen LogP contribution in [0.2, 0.25) is 10.0 Å². The molecule has 12 heteroatoms. The van der Waals surface area contributed by atoms with Crippen molar-refractivity contribution in [3.8, 4) is 11.3 Å². The van der Waals surface area contributed by atoms with Crippen molar-refractivity contribution in [3.05, 3.63) is 75.1 Å². The van der Waals surface area contributed by atoms with Crippen molar-refractivity contribution in [2.75, 3.05) is 25.0 Å². The third-order valence-corrected chi connectivity index (χ3v) is 9.20. The molecule has 0 bridgehead atoms. The number of benzene rings is 2. The molecule has 0 aliphatic carbocycles. The van der Waals surface area contributed by atoms with E-state index in [0.29, 0.717) is 48.2 Å². The highest BCUT2D eigenvalue weighted by molar-refractivity contribution is 9.10. The van der Waals surface area contributed by atoms with E-state index in [1.165, 1.54) is 10.4 Å². The number of hydrogen-bond donors (Lipinski definition) is 1. The second kappa shape index (κ2) is 10.3. The zero-order valence-corrected chi connectivity index (χ0v) is 22.7. The van der Waals surface area contributed by atoms with Crippen LogP contribution in [0.15, 0.2) is 64.1 Å². The number of hydrogen-bond acceptors (Lipinski definition) is 5. The SMILES string of the molecule is O=S(=O)(c1ccc(F)c(Cl)c1)N1CCCC(CNc2cc(-c3ccccc3Cl)nc3c(Br)cnn23)C1. The molecule has 0 saturated carbocycles. The minimum absolute atomic E-state index is 0.0101. The summed E-state index contributed by atoms with van der Waals surface area (Å²) >= 11 is 15.7. The van der Waals surface area contributed by atoms with Gasteiger partial charge in [0.25, 0.3) is 0 Å². The summed E-state index contributed by atoms with van der Waals surface area (Å²) in [6.07, 6.45) is 3.24. The van der Waals surface area contributed by atoms with Crippen LogP contribution in [0.4, 0.5) is 10.2 Å². The molecule has 4 aromatic rings. The molecular weight excluding hydrogens is 592 g/mol. The second-order valence-electron chi connectivity index (χ2n) is 8.56. The van der Waals surface area contributed by atoms with E-state index < -0.39 is 15.8 Å². The molecule has 3 heterocycles. The molecule has 7 nitrogen and oxygen atoms in total. The summed E-state index contributed by atoms with van der Waals surface area (Å²) in [5.74, 6) is 0.114. The number of sulfonamides is 1. The molecule has 1 unspecified atom stereocenters. The largest absolute Gasteiger partial charge is 0.370 e. The minimum Gasteiger partial charge on any atom is -0.370 e. The van der Waals surface area contributed by atoms with Crippen LogP contribution >= 0.6 is 39.1 Å². The molecule has 1 N–H and O–H groups in total. The van der Waals surface area contributed by atoms with Crippen LogP contribution in [-0.4, -0.2) is 47.0 Å². The van der Waals surface area contributed by atoms with Crippen molar-refractivity contribution in [2.45, 2.75) is 17.7 Å². The molecule has 1 atom stereocenters. The van der Waals surface area contributed by atoms with Crippen molar-refractivity contribution >= 4 is 60.6 Å². The number of aromatic nitrogens is 3. The zero-order valence-electron chi connectivity index (χ0n) is 18.8. The van der Waals surface area contributed by atoms with E-state index >= 15 is 0 Å². The van der Waals surface area contributed by atoms with Crippen LogP contribution < -0.4 is 5.32 Å². The summed E-state index contributed by atoms with van der Waals surface area (Å²) in [6, 6.07) is 12.8. The standard InChI is InChI=1S/C24H21BrCl2FN5O2S/c25-18-13-30-33-23(11-22(31-24(18)33)17-5-1-2-6-19(17)26)29-12-15-4-3-9-32(14-15)36(34,35)16-7-8-21(28)20(27)10-16/h1-2,5-8,10-11,13,15,29H,3-4,9,12,14H2. The number of rotatable bonds is 6. The molecule has 5 rings (SSSR count). The smallest absolute Gasteiger partial charge is 0.243 e. The summed E-state index contributed by atoms with van der Waals surface area (Å²) in [4.78, 5) is 4.71. The van der Waals surface area contributed by atoms with Crippen LogP contribution in [-0.2, 0) is 10.0 Å². The molecule has 0 spiro atoms. The Hall–Kier alpha value is -2.24. The molecule has 1 fully saturated rings. The Morgan fingerprint density at radius 1 is 1.14 bits per heavy atom. The number of fused-ring (bicyclic) bond motifs is 1. The fraction of sp³-hybridized carbons (Fsp3) is 0.250. The first kappa shape index (κ1) is 25.4. The number of halogens is 4. The highest BCUT2D eigenvalue weighted by Crippen LogP contribution is 2.31. The zero-order chi connectivity index (χ0) is 25.4. The lowest BCUT2D eigenvalue weighted by molar-refractivity contribution is 0.275. The molecule has 0 amide bonds. The number of nitrogens with one attached hydrogen (secondary N) is 1. The molecule has 1 aliphatic rings. The van der Waals surface area contributed by atoms with Crippen molar-refractivity contribution in [3.63, 3.8) is 0 Å². The molecule has 1 saturated heterocycles. The maximum atomic E-state index is 13.6. The van der Waals surface area contributed by atoms with Gasteiger partial charge in [-0.1, -0.05) is 41.4 Å². The van der Waals surface area contributed by atoms with Gasteiger partial charge in [0, 0.05) is 36.3 Å². The van der Waals surface area contributed by atoms with Crippen molar-refractivity contribution in [1.82, 2.24) is 18.9 Å². The van der Waals surface area contributed by atoms with Gasteiger partial charge in [-0.3, -0.25) is 0 Å². The summed E-state index contributed by atoms with van der Waals surface area (Å²) in [5.41, 5.74) is 2.12. The van der Waals surface area contributed by atoms with Crippen LogP contribution in [0.5, 0.6) is 0 Å². The summed E-state index contributed by atoms with van der Waals surface area (Å²) < 4.78 is 43.8. The molecule has 2 aromatic heterocycles. The predicted octanol–water partition coefficient (Wildman–Crippen LogP) is 6.12. The first-order valence-electron chi connectivity index (χ1n) is 11.2. The fourth-order valence-corrected chi connectivity index (χ4v) is 6.72. The Balaban J connectivity index is 1.37. The molecular formula is C24H21BrCl2FN5O2S. The maximum Gasteiger partial charge on any atom is 0.243 e. The number of piperidine rings is 1. The van der Waals surface area contributed by atoms with Gasteiger partial charge in [-0.25, -0.2) is 17.8 Å². The van der Waals surface area contributed by atoms with E-state index in [1.807, 2.05) is 30.3 Å². The van der Waals surface area contributed by atoms with Crippen molar-refractivity contribution < 1.29 is 12.8 Å². The number of anilines is 1. The molecule has 1 aliphatic heterocycles. The molecule has 188 valence electrons. The van der Waals surface area contributed by atoms with Gasteiger partial charge in [0.15, 0.2) is 5.65 Å². The van der Waals surface area contributed by atoms with Crippen LogP contribution in [0, 0.1) is 11.7 Å². The van der Waals surface area contributed by atoms with Gasteiger partial charge < -0.3 is 5.32 Å².